The third-order valence-electron chi connectivity index (χ3n) is 5.56. The van der Waals surface area contributed by atoms with E-state index in [0.717, 1.165) is 38.3 Å². The molecule has 1 fully saturated rings. The Morgan fingerprint density at radius 3 is 2.39 bits per heavy atom. The molecule has 4 rings (SSSR count). The number of amides is 1. The van der Waals surface area contributed by atoms with Crippen LogP contribution in [0.5, 0.6) is 5.75 Å². The highest BCUT2D eigenvalue weighted by molar-refractivity contribution is 6.30. The van der Waals surface area contributed by atoms with Crippen LogP contribution in [0, 0.1) is 6.92 Å². The monoisotopic (exact) mass is 434 g/mol. The van der Waals surface area contributed by atoms with E-state index in [1.54, 1.807) is 6.07 Å². The van der Waals surface area contributed by atoms with Gasteiger partial charge in [-0.1, -0.05) is 59.6 Å². The summed E-state index contributed by atoms with van der Waals surface area (Å²) in [5.41, 5.74) is 4.26. The van der Waals surface area contributed by atoms with E-state index in [4.69, 9.17) is 16.3 Å². The summed E-state index contributed by atoms with van der Waals surface area (Å²) in [6.45, 7) is 6.69. The van der Waals surface area contributed by atoms with E-state index >= 15 is 0 Å². The topological polar surface area (TPSA) is 32.8 Å². The second kappa shape index (κ2) is 9.99. The van der Waals surface area contributed by atoms with Crippen molar-refractivity contribution >= 4 is 17.5 Å². The summed E-state index contributed by atoms with van der Waals surface area (Å²) in [6, 6.07) is 23.7. The molecule has 1 heterocycles. The Hall–Kier alpha value is -2.82. The quantitative estimate of drug-likeness (QED) is 0.535. The molecule has 0 N–H and O–H groups in total. The van der Waals surface area contributed by atoms with E-state index in [9.17, 15) is 4.79 Å². The molecule has 0 bridgehead atoms. The Labute approximate surface area is 189 Å². The first kappa shape index (κ1) is 21.4. The highest BCUT2D eigenvalue weighted by atomic mass is 35.5. The van der Waals surface area contributed by atoms with Gasteiger partial charge < -0.3 is 9.64 Å². The minimum absolute atomic E-state index is 0.0830. The Kier molecular flexibility index (Phi) is 6.90. The lowest BCUT2D eigenvalue weighted by Gasteiger charge is -2.35. The fraction of sp³-hybridized carbons (Fsp3) is 0.269. The van der Waals surface area contributed by atoms with Gasteiger partial charge in [-0.3, -0.25) is 9.69 Å². The molecule has 31 heavy (non-hydrogen) atoms. The summed E-state index contributed by atoms with van der Waals surface area (Å²) in [4.78, 5) is 17.4. The molecule has 0 aliphatic carbocycles. The van der Waals surface area contributed by atoms with Crippen molar-refractivity contribution in [2.24, 2.45) is 0 Å². The number of carbonyl (C=O) groups excluding carboxylic acids is 1. The van der Waals surface area contributed by atoms with Crippen LogP contribution in [0.1, 0.15) is 27.0 Å². The van der Waals surface area contributed by atoms with Gasteiger partial charge in [-0.2, -0.15) is 0 Å². The van der Waals surface area contributed by atoms with Crippen molar-refractivity contribution in [2.45, 2.75) is 20.1 Å². The summed E-state index contributed by atoms with van der Waals surface area (Å²) in [5.74, 6) is 0.800. The molecule has 1 aliphatic heterocycles. The maximum atomic E-state index is 13.0. The molecule has 0 radical (unpaired) electrons. The molecule has 1 amide bonds. The van der Waals surface area contributed by atoms with Gasteiger partial charge in [0, 0.05) is 43.3 Å². The first-order valence-electron chi connectivity index (χ1n) is 10.6. The van der Waals surface area contributed by atoms with Crippen LogP contribution in [0.3, 0.4) is 0 Å². The molecule has 0 atom stereocenters. The molecule has 0 saturated carbocycles. The van der Waals surface area contributed by atoms with Crippen LogP contribution in [0.25, 0.3) is 0 Å². The largest absolute Gasteiger partial charge is 0.489 e. The Morgan fingerprint density at radius 2 is 1.65 bits per heavy atom. The molecule has 4 nitrogen and oxygen atoms in total. The van der Waals surface area contributed by atoms with Crippen LogP contribution in [-0.2, 0) is 13.2 Å². The van der Waals surface area contributed by atoms with Gasteiger partial charge in [-0.05, 0) is 48.4 Å². The fourth-order valence-corrected chi connectivity index (χ4v) is 3.94. The van der Waals surface area contributed by atoms with E-state index in [2.05, 4.69) is 36.1 Å². The molecule has 5 heteroatoms. The maximum Gasteiger partial charge on any atom is 0.253 e. The SMILES string of the molecule is Cc1ccc(CN2CCN(C(=O)c3cccc(COc4cccc(Cl)c4)c3)CC2)cc1. The van der Waals surface area contributed by atoms with Crippen molar-refractivity contribution in [1.29, 1.82) is 0 Å². The van der Waals surface area contributed by atoms with E-state index < -0.39 is 0 Å². The average Bonchev–Trinajstić information content (AvgIpc) is 2.79. The number of rotatable bonds is 6. The first-order chi connectivity index (χ1) is 15.1. The van der Waals surface area contributed by atoms with E-state index in [1.165, 1.54) is 11.1 Å². The number of aryl methyl sites for hydroxylation is 1. The molecular weight excluding hydrogens is 408 g/mol. The van der Waals surface area contributed by atoms with E-state index in [1.807, 2.05) is 47.4 Å². The summed E-state index contributed by atoms with van der Waals surface area (Å²) >= 11 is 6.01. The molecule has 160 valence electrons. The van der Waals surface area contributed by atoms with Crippen LogP contribution < -0.4 is 4.74 Å². The summed E-state index contributed by atoms with van der Waals surface area (Å²) in [6.07, 6.45) is 0. The number of hydrogen-bond donors (Lipinski definition) is 0. The number of benzene rings is 3. The average molecular weight is 435 g/mol. The van der Waals surface area contributed by atoms with Gasteiger partial charge in [0.15, 0.2) is 0 Å². The molecule has 0 aromatic heterocycles. The Balaban J connectivity index is 1.31. The number of hydrogen-bond acceptors (Lipinski definition) is 3. The van der Waals surface area contributed by atoms with E-state index in [-0.39, 0.29) is 5.91 Å². The number of halogens is 1. The maximum absolute atomic E-state index is 13.0. The molecule has 1 saturated heterocycles. The third kappa shape index (κ3) is 5.87. The van der Waals surface area contributed by atoms with E-state index in [0.29, 0.717) is 22.9 Å². The molecule has 0 unspecified atom stereocenters. The second-order valence-electron chi connectivity index (χ2n) is 8.00. The van der Waals surface area contributed by atoms with Crippen LogP contribution >= 0.6 is 11.6 Å². The molecular formula is C26H27ClN2O2. The van der Waals surface area contributed by atoms with Crippen LogP contribution in [0.2, 0.25) is 5.02 Å². The molecule has 3 aromatic rings. The number of carbonyl (C=O) groups is 1. The number of ether oxygens (including phenoxy) is 1. The third-order valence-corrected chi connectivity index (χ3v) is 5.80. The van der Waals surface area contributed by atoms with Crippen molar-refractivity contribution in [2.75, 3.05) is 26.2 Å². The van der Waals surface area contributed by atoms with Gasteiger partial charge in [-0.25, -0.2) is 0 Å². The van der Waals surface area contributed by atoms with Gasteiger partial charge in [0.1, 0.15) is 12.4 Å². The van der Waals surface area contributed by atoms with Crippen LogP contribution in [-0.4, -0.2) is 41.9 Å². The van der Waals surface area contributed by atoms with Crippen LogP contribution in [0.15, 0.2) is 72.8 Å². The molecule has 1 aliphatic rings. The minimum atomic E-state index is 0.0830. The first-order valence-corrected chi connectivity index (χ1v) is 11.0. The lowest BCUT2D eigenvalue weighted by molar-refractivity contribution is 0.0628. The highest BCUT2D eigenvalue weighted by Crippen LogP contribution is 2.19. The standard InChI is InChI=1S/C26H27ClN2O2/c1-20-8-10-21(11-9-20)18-28-12-14-29(15-13-28)26(30)23-5-2-4-22(16-23)19-31-25-7-3-6-24(27)17-25/h2-11,16-17H,12-15,18-19H2,1H3. The predicted octanol–water partition coefficient (Wildman–Crippen LogP) is 5.19. The van der Waals surface area contributed by atoms with Crippen LogP contribution in [0.4, 0.5) is 0 Å². The van der Waals surface area contributed by atoms with Crippen molar-refractivity contribution < 1.29 is 9.53 Å². The van der Waals surface area contributed by atoms with Crippen molar-refractivity contribution in [3.63, 3.8) is 0 Å². The normalized spacial score (nSPS) is 14.5. The van der Waals surface area contributed by atoms with Gasteiger partial charge in [-0.15, -0.1) is 0 Å². The minimum Gasteiger partial charge on any atom is -0.489 e. The summed E-state index contributed by atoms with van der Waals surface area (Å²) in [7, 11) is 0. The van der Waals surface area contributed by atoms with Crippen molar-refractivity contribution in [3.05, 3.63) is 100 Å². The summed E-state index contributed by atoms with van der Waals surface area (Å²) in [5, 5.41) is 0.642. The van der Waals surface area contributed by atoms with Gasteiger partial charge in [0.25, 0.3) is 5.91 Å². The lowest BCUT2D eigenvalue weighted by atomic mass is 10.1. The predicted molar refractivity (Wildman–Crippen MR) is 125 cm³/mol. The zero-order valence-corrected chi connectivity index (χ0v) is 18.5. The fourth-order valence-electron chi connectivity index (χ4n) is 3.76. The van der Waals surface area contributed by atoms with Gasteiger partial charge >= 0.3 is 0 Å². The number of piperazine rings is 1. The zero-order valence-electron chi connectivity index (χ0n) is 17.8. The second-order valence-corrected chi connectivity index (χ2v) is 8.44. The van der Waals surface area contributed by atoms with Crippen molar-refractivity contribution in [1.82, 2.24) is 9.80 Å². The van der Waals surface area contributed by atoms with Gasteiger partial charge in [0.2, 0.25) is 0 Å². The molecule has 0 spiro atoms. The molecule has 3 aromatic carbocycles. The highest BCUT2D eigenvalue weighted by Gasteiger charge is 2.22. The Bertz CT molecular complexity index is 1030. The zero-order chi connectivity index (χ0) is 21.6. The lowest BCUT2D eigenvalue weighted by Crippen LogP contribution is -2.48. The van der Waals surface area contributed by atoms with Crippen molar-refractivity contribution in [3.8, 4) is 5.75 Å². The van der Waals surface area contributed by atoms with Gasteiger partial charge in [0.05, 0.1) is 0 Å². The smallest absolute Gasteiger partial charge is 0.253 e. The number of nitrogens with zero attached hydrogens (tertiary/aromatic N) is 2. The Morgan fingerprint density at radius 1 is 0.903 bits per heavy atom. The summed E-state index contributed by atoms with van der Waals surface area (Å²) < 4.78 is 5.82.